The van der Waals surface area contributed by atoms with Crippen LogP contribution >= 0.6 is 23.5 Å². The number of thioether (sulfide) groups is 1. The van der Waals surface area contributed by atoms with Crippen LogP contribution in [0.3, 0.4) is 0 Å². The summed E-state index contributed by atoms with van der Waals surface area (Å²) < 4.78 is 2.28. The van der Waals surface area contributed by atoms with Crippen LogP contribution in [0.5, 0.6) is 0 Å². The summed E-state index contributed by atoms with van der Waals surface area (Å²) in [6.07, 6.45) is 2.80. The van der Waals surface area contributed by atoms with Crippen molar-refractivity contribution >= 4 is 40.5 Å². The normalized spacial score (nSPS) is 16.4. The van der Waals surface area contributed by atoms with Crippen LogP contribution in [0.25, 0.3) is 10.9 Å². The molecule has 0 saturated carbocycles. The Kier molecular flexibility index (Phi) is 5.34. The first kappa shape index (κ1) is 19.3. The molecule has 4 rings (SSSR count). The summed E-state index contributed by atoms with van der Waals surface area (Å²) >= 11 is 3.52. The van der Waals surface area contributed by atoms with Crippen LogP contribution in [0.2, 0.25) is 0 Å². The van der Waals surface area contributed by atoms with Crippen molar-refractivity contribution in [1.82, 2.24) is 9.47 Å². The highest BCUT2D eigenvalue weighted by molar-refractivity contribution is 7.99. The smallest absolute Gasteiger partial charge is 0.407 e. The fraction of sp³-hybridized carbons (Fsp3) is 0.318. The van der Waals surface area contributed by atoms with E-state index in [9.17, 15) is 9.90 Å². The van der Waals surface area contributed by atoms with E-state index >= 15 is 0 Å². The third kappa shape index (κ3) is 3.18. The van der Waals surface area contributed by atoms with E-state index in [2.05, 4.69) is 67.3 Å². The number of nitrogens with zero attached hydrogens (tertiary/aromatic N) is 2. The molecule has 1 amide bonds. The predicted molar refractivity (Wildman–Crippen MR) is 117 cm³/mol. The Labute approximate surface area is 173 Å². The molecule has 2 heterocycles. The molecular weight excluding hydrogens is 388 g/mol. The molecule has 1 aliphatic rings. The van der Waals surface area contributed by atoms with Crippen molar-refractivity contribution in [2.45, 2.75) is 40.5 Å². The summed E-state index contributed by atoms with van der Waals surface area (Å²) in [7, 11) is 2.12. The quantitative estimate of drug-likeness (QED) is 0.531. The van der Waals surface area contributed by atoms with Gasteiger partial charge < -0.3 is 14.6 Å². The summed E-state index contributed by atoms with van der Waals surface area (Å²) in [4.78, 5) is 17.0. The lowest BCUT2D eigenvalue weighted by molar-refractivity contribution is 0.118. The zero-order chi connectivity index (χ0) is 19.8. The molecule has 1 atom stereocenters. The number of carboxylic acid groups (broad SMARTS) is 1. The van der Waals surface area contributed by atoms with E-state index in [1.165, 1.54) is 36.8 Å². The zero-order valence-corrected chi connectivity index (χ0v) is 17.9. The van der Waals surface area contributed by atoms with Crippen LogP contribution in [0, 0.1) is 0 Å². The van der Waals surface area contributed by atoms with Crippen molar-refractivity contribution in [2.24, 2.45) is 7.05 Å². The second-order valence-corrected chi connectivity index (χ2v) is 8.99. The second kappa shape index (κ2) is 7.76. The van der Waals surface area contributed by atoms with Crippen molar-refractivity contribution in [2.75, 3.05) is 12.8 Å². The summed E-state index contributed by atoms with van der Waals surface area (Å²) in [6, 6.07) is 15.0. The minimum Gasteiger partial charge on any atom is -0.465 e. The van der Waals surface area contributed by atoms with E-state index < -0.39 is 6.09 Å². The minimum atomic E-state index is -0.825. The third-order valence-corrected chi connectivity index (χ3v) is 7.36. The summed E-state index contributed by atoms with van der Waals surface area (Å²) in [6.45, 7) is 2.63. The SMILES string of the molecule is CCC1c2c(n(C)c3c(Sc4ccc(SC)cc4)cccc23)CCN1C(=O)O. The summed E-state index contributed by atoms with van der Waals surface area (Å²) in [5.41, 5.74) is 3.66. The molecule has 1 unspecified atom stereocenters. The van der Waals surface area contributed by atoms with Gasteiger partial charge in [-0.15, -0.1) is 11.8 Å². The van der Waals surface area contributed by atoms with Gasteiger partial charge in [0.1, 0.15) is 0 Å². The van der Waals surface area contributed by atoms with Gasteiger partial charge in [0.2, 0.25) is 0 Å². The molecule has 0 aliphatic carbocycles. The number of rotatable bonds is 4. The van der Waals surface area contributed by atoms with Gasteiger partial charge in [0.05, 0.1) is 11.6 Å². The minimum absolute atomic E-state index is 0.0777. The first-order valence-corrected chi connectivity index (χ1v) is 11.5. The molecule has 0 bridgehead atoms. The standard InChI is InChI=1S/C22H24N2O2S2/c1-4-17-20-16-6-5-7-19(28-15-10-8-14(27-3)9-11-15)21(16)23(2)18(20)12-13-24(17)22(25)26/h5-11,17H,4,12-13H2,1-3H3,(H,25,26). The molecule has 0 radical (unpaired) electrons. The number of hydrogen-bond acceptors (Lipinski definition) is 3. The van der Waals surface area contributed by atoms with Crippen molar-refractivity contribution in [3.63, 3.8) is 0 Å². The van der Waals surface area contributed by atoms with E-state index in [0.717, 1.165) is 12.8 Å². The van der Waals surface area contributed by atoms with E-state index in [-0.39, 0.29) is 6.04 Å². The van der Waals surface area contributed by atoms with Gasteiger partial charge >= 0.3 is 6.09 Å². The fourth-order valence-corrected chi connectivity index (χ4v) is 5.70. The maximum Gasteiger partial charge on any atom is 0.407 e. The second-order valence-electron chi connectivity index (χ2n) is 7.00. The lowest BCUT2D eigenvalue weighted by atomic mass is 9.94. The number of carbonyl (C=O) groups is 1. The number of fused-ring (bicyclic) bond motifs is 3. The van der Waals surface area contributed by atoms with Crippen molar-refractivity contribution in [3.8, 4) is 0 Å². The highest BCUT2D eigenvalue weighted by atomic mass is 32.2. The van der Waals surface area contributed by atoms with E-state index in [4.69, 9.17) is 0 Å². The predicted octanol–water partition coefficient (Wildman–Crippen LogP) is 6.04. The van der Waals surface area contributed by atoms with Crippen LogP contribution in [0.15, 0.2) is 57.2 Å². The third-order valence-electron chi connectivity index (χ3n) is 5.56. The van der Waals surface area contributed by atoms with Crippen LogP contribution in [0.1, 0.15) is 30.6 Å². The Bertz CT molecular complexity index is 1030. The lowest BCUT2D eigenvalue weighted by Crippen LogP contribution is -2.39. The van der Waals surface area contributed by atoms with Crippen LogP contribution in [-0.4, -0.2) is 33.5 Å². The molecule has 146 valence electrons. The Morgan fingerprint density at radius 2 is 1.89 bits per heavy atom. The average molecular weight is 413 g/mol. The van der Waals surface area contributed by atoms with Crippen LogP contribution in [0.4, 0.5) is 4.79 Å². The first-order chi connectivity index (χ1) is 13.5. The molecule has 1 N–H and O–H groups in total. The average Bonchev–Trinajstić information content (AvgIpc) is 3.01. The monoisotopic (exact) mass is 412 g/mol. The number of benzene rings is 2. The van der Waals surface area contributed by atoms with Crippen LogP contribution in [-0.2, 0) is 13.5 Å². The number of aryl methyl sites for hydroxylation is 1. The first-order valence-electron chi connectivity index (χ1n) is 9.46. The number of amides is 1. The molecular formula is C22H24N2O2S2. The highest BCUT2D eigenvalue weighted by Crippen LogP contribution is 2.43. The topological polar surface area (TPSA) is 45.5 Å². The molecule has 0 spiro atoms. The Hall–Kier alpha value is -2.05. The van der Waals surface area contributed by atoms with Gasteiger partial charge in [-0.2, -0.15) is 0 Å². The maximum absolute atomic E-state index is 11.8. The largest absolute Gasteiger partial charge is 0.465 e. The molecule has 6 heteroatoms. The van der Waals surface area contributed by atoms with E-state index in [1.807, 2.05) is 0 Å². The van der Waals surface area contributed by atoms with Gasteiger partial charge in [0, 0.05) is 51.3 Å². The molecule has 1 aromatic heterocycles. The molecule has 2 aromatic carbocycles. The maximum atomic E-state index is 11.8. The molecule has 0 saturated heterocycles. The van der Waals surface area contributed by atoms with Gasteiger partial charge in [-0.3, -0.25) is 0 Å². The molecule has 28 heavy (non-hydrogen) atoms. The fourth-order valence-electron chi connectivity index (χ4n) is 4.28. The van der Waals surface area contributed by atoms with E-state index in [1.54, 1.807) is 28.4 Å². The number of aromatic nitrogens is 1. The molecule has 0 fully saturated rings. The van der Waals surface area contributed by atoms with E-state index in [0.29, 0.717) is 6.54 Å². The van der Waals surface area contributed by atoms with Crippen LogP contribution < -0.4 is 0 Å². The Balaban J connectivity index is 1.82. The van der Waals surface area contributed by atoms with Gasteiger partial charge in [-0.25, -0.2) is 4.79 Å². The highest BCUT2D eigenvalue weighted by Gasteiger charge is 2.34. The Morgan fingerprint density at radius 3 is 2.54 bits per heavy atom. The van der Waals surface area contributed by atoms with Gasteiger partial charge in [0.15, 0.2) is 0 Å². The zero-order valence-electron chi connectivity index (χ0n) is 16.3. The van der Waals surface area contributed by atoms with Gasteiger partial charge in [-0.05, 0) is 43.0 Å². The summed E-state index contributed by atoms with van der Waals surface area (Å²) in [5.74, 6) is 0. The van der Waals surface area contributed by atoms with Crippen molar-refractivity contribution in [1.29, 1.82) is 0 Å². The number of hydrogen-bond donors (Lipinski definition) is 1. The lowest BCUT2D eigenvalue weighted by Gasteiger charge is -2.33. The molecule has 3 aromatic rings. The van der Waals surface area contributed by atoms with Crippen molar-refractivity contribution < 1.29 is 9.90 Å². The molecule has 4 nitrogen and oxygen atoms in total. The van der Waals surface area contributed by atoms with Crippen molar-refractivity contribution in [3.05, 3.63) is 53.7 Å². The Morgan fingerprint density at radius 1 is 1.18 bits per heavy atom. The van der Waals surface area contributed by atoms with Gasteiger partial charge in [-0.1, -0.05) is 30.8 Å². The van der Waals surface area contributed by atoms with Gasteiger partial charge in [0.25, 0.3) is 0 Å². The molecule has 1 aliphatic heterocycles. The number of para-hydroxylation sites is 1. The summed E-state index contributed by atoms with van der Waals surface area (Å²) in [5, 5.41) is 10.8.